The summed E-state index contributed by atoms with van der Waals surface area (Å²) in [5.74, 6) is 1.97. The fourth-order valence-electron chi connectivity index (χ4n) is 3.67. The van der Waals surface area contributed by atoms with Gasteiger partial charge in [0.1, 0.15) is 18.1 Å². The van der Waals surface area contributed by atoms with Crippen LogP contribution in [0.25, 0.3) is 0 Å². The fourth-order valence-corrected chi connectivity index (χ4v) is 3.67. The fraction of sp³-hybridized carbons (Fsp3) is 0.261. The molecule has 0 aliphatic carbocycles. The Bertz CT molecular complexity index is 910. The van der Waals surface area contributed by atoms with Crippen LogP contribution in [-0.4, -0.2) is 25.2 Å². The highest BCUT2D eigenvalue weighted by Crippen LogP contribution is 2.34. The van der Waals surface area contributed by atoms with Crippen molar-refractivity contribution < 1.29 is 9.47 Å². The Hall–Kier alpha value is -2.85. The number of aromatic nitrogens is 1. The zero-order valence-electron chi connectivity index (χ0n) is 15.5. The molecule has 0 saturated heterocycles. The Morgan fingerprint density at radius 1 is 1.04 bits per heavy atom. The highest BCUT2D eigenvalue weighted by atomic mass is 16.5. The van der Waals surface area contributed by atoms with Gasteiger partial charge in [-0.1, -0.05) is 42.5 Å². The molecule has 0 amide bonds. The van der Waals surface area contributed by atoms with Gasteiger partial charge >= 0.3 is 0 Å². The lowest BCUT2D eigenvalue weighted by molar-refractivity contribution is 0.296. The average Bonchev–Trinajstić information content (AvgIpc) is 2.95. The minimum Gasteiger partial charge on any atom is -0.497 e. The molecule has 3 aromatic rings. The predicted molar refractivity (Wildman–Crippen MR) is 106 cm³/mol. The lowest BCUT2D eigenvalue weighted by atomic mass is 9.87. The van der Waals surface area contributed by atoms with E-state index in [4.69, 9.17) is 9.47 Å². The second kappa shape index (κ2) is 8.23. The molecule has 2 heterocycles. The van der Waals surface area contributed by atoms with Crippen molar-refractivity contribution in [3.05, 3.63) is 89.2 Å². The van der Waals surface area contributed by atoms with E-state index in [-0.39, 0.29) is 5.92 Å². The molecule has 1 aliphatic rings. The number of methoxy groups -OCH3 is 1. The van der Waals surface area contributed by atoms with E-state index in [9.17, 15) is 0 Å². The SMILES string of the molecule is COc1ccnc(COc2ccccc2C2CNCCc3ccccc32)c1. The van der Waals surface area contributed by atoms with E-state index < -0.39 is 0 Å². The first-order valence-electron chi connectivity index (χ1n) is 9.34. The van der Waals surface area contributed by atoms with Crippen LogP contribution < -0.4 is 14.8 Å². The lowest BCUT2D eigenvalue weighted by Crippen LogP contribution is -2.21. The van der Waals surface area contributed by atoms with Gasteiger partial charge < -0.3 is 14.8 Å². The van der Waals surface area contributed by atoms with Crippen LogP contribution in [0, 0.1) is 0 Å². The molecule has 0 bridgehead atoms. The van der Waals surface area contributed by atoms with Crippen molar-refractivity contribution in [1.82, 2.24) is 10.3 Å². The maximum absolute atomic E-state index is 6.19. The van der Waals surface area contributed by atoms with E-state index in [1.54, 1.807) is 13.3 Å². The zero-order valence-corrected chi connectivity index (χ0v) is 15.5. The van der Waals surface area contributed by atoms with Gasteiger partial charge in [0, 0.05) is 30.3 Å². The van der Waals surface area contributed by atoms with Gasteiger partial charge in [0.05, 0.1) is 12.8 Å². The Morgan fingerprint density at radius 2 is 1.85 bits per heavy atom. The summed E-state index contributed by atoms with van der Waals surface area (Å²) in [4.78, 5) is 4.38. The van der Waals surface area contributed by atoms with Crippen LogP contribution >= 0.6 is 0 Å². The zero-order chi connectivity index (χ0) is 18.5. The van der Waals surface area contributed by atoms with Crippen molar-refractivity contribution in [3.8, 4) is 11.5 Å². The van der Waals surface area contributed by atoms with E-state index in [0.29, 0.717) is 6.61 Å². The Labute approximate surface area is 160 Å². The summed E-state index contributed by atoms with van der Waals surface area (Å²) in [5, 5.41) is 3.57. The van der Waals surface area contributed by atoms with Gasteiger partial charge in [-0.05, 0) is 36.2 Å². The van der Waals surface area contributed by atoms with E-state index in [0.717, 1.165) is 36.7 Å². The smallest absolute Gasteiger partial charge is 0.130 e. The summed E-state index contributed by atoms with van der Waals surface area (Å²) in [6, 6.07) is 20.8. The molecule has 1 unspecified atom stereocenters. The van der Waals surface area contributed by atoms with E-state index in [1.807, 2.05) is 24.3 Å². The number of hydrogen-bond donors (Lipinski definition) is 1. The number of benzene rings is 2. The van der Waals surface area contributed by atoms with E-state index in [1.165, 1.54) is 16.7 Å². The molecule has 4 nitrogen and oxygen atoms in total. The normalized spacial score (nSPS) is 16.3. The lowest BCUT2D eigenvalue weighted by Gasteiger charge is -2.21. The highest BCUT2D eigenvalue weighted by Gasteiger charge is 2.22. The van der Waals surface area contributed by atoms with Crippen LogP contribution in [0.1, 0.15) is 28.3 Å². The maximum Gasteiger partial charge on any atom is 0.130 e. The van der Waals surface area contributed by atoms with Gasteiger partial charge in [-0.25, -0.2) is 0 Å². The van der Waals surface area contributed by atoms with Gasteiger partial charge in [0.25, 0.3) is 0 Å². The summed E-state index contributed by atoms with van der Waals surface area (Å²) in [6.07, 6.45) is 2.80. The second-order valence-electron chi connectivity index (χ2n) is 6.72. The van der Waals surface area contributed by atoms with Gasteiger partial charge in [0.2, 0.25) is 0 Å². The second-order valence-corrected chi connectivity index (χ2v) is 6.72. The average molecular weight is 360 g/mol. The number of nitrogens with zero attached hydrogens (tertiary/aromatic N) is 1. The number of pyridine rings is 1. The van der Waals surface area contributed by atoms with Crippen LogP contribution in [0.2, 0.25) is 0 Å². The molecule has 1 aliphatic heterocycles. The largest absolute Gasteiger partial charge is 0.497 e. The van der Waals surface area contributed by atoms with Crippen LogP contribution in [-0.2, 0) is 13.0 Å². The summed E-state index contributed by atoms with van der Waals surface area (Å²) in [6.45, 7) is 2.33. The third-order valence-electron chi connectivity index (χ3n) is 5.04. The molecule has 1 atom stereocenters. The highest BCUT2D eigenvalue weighted by molar-refractivity contribution is 5.45. The third-order valence-corrected chi connectivity index (χ3v) is 5.04. The number of nitrogens with one attached hydrogen (secondary N) is 1. The molecule has 1 aromatic heterocycles. The van der Waals surface area contributed by atoms with Crippen molar-refractivity contribution >= 4 is 0 Å². The topological polar surface area (TPSA) is 43.4 Å². The minimum absolute atomic E-state index is 0.276. The number of rotatable bonds is 5. The first-order valence-corrected chi connectivity index (χ1v) is 9.34. The van der Waals surface area contributed by atoms with Gasteiger partial charge in [0.15, 0.2) is 0 Å². The van der Waals surface area contributed by atoms with Gasteiger partial charge in [-0.3, -0.25) is 4.98 Å². The van der Waals surface area contributed by atoms with Gasteiger partial charge in [-0.2, -0.15) is 0 Å². The van der Waals surface area contributed by atoms with Crippen LogP contribution in [0.3, 0.4) is 0 Å². The molecule has 138 valence electrons. The molecule has 0 fully saturated rings. The first-order chi connectivity index (χ1) is 13.3. The summed E-state index contributed by atoms with van der Waals surface area (Å²) >= 11 is 0. The summed E-state index contributed by atoms with van der Waals surface area (Å²) in [7, 11) is 1.66. The Morgan fingerprint density at radius 3 is 2.74 bits per heavy atom. The Balaban J connectivity index is 1.61. The molecule has 0 saturated carbocycles. The van der Waals surface area contributed by atoms with Crippen molar-refractivity contribution in [2.24, 2.45) is 0 Å². The van der Waals surface area contributed by atoms with Crippen molar-refractivity contribution in [3.63, 3.8) is 0 Å². The molecule has 1 N–H and O–H groups in total. The van der Waals surface area contributed by atoms with E-state index in [2.05, 4.69) is 46.7 Å². The van der Waals surface area contributed by atoms with Crippen LogP contribution in [0.15, 0.2) is 66.9 Å². The van der Waals surface area contributed by atoms with Crippen LogP contribution in [0.4, 0.5) is 0 Å². The molecule has 4 rings (SSSR count). The van der Waals surface area contributed by atoms with Crippen molar-refractivity contribution in [2.45, 2.75) is 18.9 Å². The number of fused-ring (bicyclic) bond motifs is 1. The predicted octanol–water partition coefficient (Wildman–Crippen LogP) is 3.95. The Kier molecular flexibility index (Phi) is 5.35. The molecule has 0 spiro atoms. The summed E-state index contributed by atoms with van der Waals surface area (Å²) in [5.41, 5.74) is 4.86. The third kappa shape index (κ3) is 3.96. The number of ether oxygens (including phenoxy) is 2. The first kappa shape index (κ1) is 17.6. The number of para-hydroxylation sites is 1. The van der Waals surface area contributed by atoms with Crippen molar-refractivity contribution in [1.29, 1.82) is 0 Å². The minimum atomic E-state index is 0.276. The standard InChI is InChI=1S/C23H24N2O2/c1-26-19-11-13-25-18(14-19)16-27-23-9-5-4-8-21(23)22-15-24-12-10-17-6-2-3-7-20(17)22/h2-9,11,13-14,22,24H,10,12,15-16H2,1H3. The van der Waals surface area contributed by atoms with Gasteiger partial charge in [-0.15, -0.1) is 0 Å². The molecule has 0 radical (unpaired) electrons. The van der Waals surface area contributed by atoms with Crippen LogP contribution in [0.5, 0.6) is 11.5 Å². The monoisotopic (exact) mass is 360 g/mol. The molecular weight excluding hydrogens is 336 g/mol. The van der Waals surface area contributed by atoms with E-state index >= 15 is 0 Å². The molecule has 27 heavy (non-hydrogen) atoms. The number of hydrogen-bond acceptors (Lipinski definition) is 4. The molecule has 4 heteroatoms. The van der Waals surface area contributed by atoms with Crippen molar-refractivity contribution in [2.75, 3.05) is 20.2 Å². The maximum atomic E-state index is 6.19. The summed E-state index contributed by atoms with van der Waals surface area (Å²) < 4.78 is 11.5. The molecular formula is C23H24N2O2. The quantitative estimate of drug-likeness (QED) is 0.748. The molecule has 2 aromatic carbocycles.